The van der Waals surface area contributed by atoms with Gasteiger partial charge in [-0.2, -0.15) is 4.31 Å². The molecule has 1 saturated carbocycles. The summed E-state index contributed by atoms with van der Waals surface area (Å²) in [5.74, 6) is 1.23. The average Bonchev–Trinajstić information content (AvgIpc) is 3.15. The summed E-state index contributed by atoms with van der Waals surface area (Å²) in [5.41, 5.74) is 0. The number of amides is 1. The van der Waals surface area contributed by atoms with Crippen LogP contribution in [0.15, 0.2) is 21.7 Å². The van der Waals surface area contributed by atoms with E-state index in [-0.39, 0.29) is 11.9 Å². The fourth-order valence-corrected chi connectivity index (χ4v) is 6.47. The molecule has 6 nitrogen and oxygen atoms in total. The highest BCUT2D eigenvalue weighted by molar-refractivity contribution is 7.91. The summed E-state index contributed by atoms with van der Waals surface area (Å²) in [5, 5.41) is 4.98. The molecular weight excluding hydrogens is 370 g/mol. The summed E-state index contributed by atoms with van der Waals surface area (Å²) in [7, 11) is -3.38. The van der Waals surface area contributed by atoms with Crippen LogP contribution in [0.2, 0.25) is 0 Å². The van der Waals surface area contributed by atoms with Gasteiger partial charge in [-0.15, -0.1) is 11.3 Å². The zero-order valence-electron chi connectivity index (χ0n) is 15.6. The number of piperazine rings is 1. The molecule has 3 rings (SSSR count). The molecule has 1 aliphatic heterocycles. The number of thiophene rings is 1. The SMILES string of the molecule is C[C@@H]1[C@H](C)CCC[C@@H]1NC(=O)CN1CCN(S(=O)(=O)c2cccs2)CC1. The first-order chi connectivity index (χ1) is 12.4. The number of nitrogens with one attached hydrogen (secondary N) is 1. The number of hydrogen-bond donors (Lipinski definition) is 1. The summed E-state index contributed by atoms with van der Waals surface area (Å²) < 4.78 is 27.0. The third-order valence-electron chi connectivity index (χ3n) is 5.84. The molecule has 1 aromatic heterocycles. The molecule has 3 atom stereocenters. The second kappa shape index (κ2) is 8.37. The van der Waals surface area contributed by atoms with Crippen molar-refractivity contribution in [3.63, 3.8) is 0 Å². The Morgan fingerprint density at radius 3 is 2.62 bits per heavy atom. The Morgan fingerprint density at radius 2 is 1.96 bits per heavy atom. The van der Waals surface area contributed by atoms with E-state index < -0.39 is 10.0 Å². The van der Waals surface area contributed by atoms with Gasteiger partial charge in [0, 0.05) is 32.2 Å². The molecule has 0 aromatic carbocycles. The van der Waals surface area contributed by atoms with E-state index in [4.69, 9.17) is 0 Å². The molecule has 2 aliphatic rings. The van der Waals surface area contributed by atoms with Gasteiger partial charge in [0.05, 0.1) is 6.54 Å². The van der Waals surface area contributed by atoms with Gasteiger partial charge >= 0.3 is 0 Å². The zero-order chi connectivity index (χ0) is 18.7. The summed E-state index contributed by atoms with van der Waals surface area (Å²) in [6.45, 7) is 6.89. The number of rotatable bonds is 5. The Morgan fingerprint density at radius 1 is 1.23 bits per heavy atom. The summed E-state index contributed by atoms with van der Waals surface area (Å²) in [4.78, 5) is 14.5. The first kappa shape index (κ1) is 19.8. The second-order valence-corrected chi connectivity index (χ2v) is 10.7. The molecule has 1 aromatic rings. The first-order valence-corrected chi connectivity index (χ1v) is 11.8. The number of nitrogens with zero attached hydrogens (tertiary/aromatic N) is 2. The monoisotopic (exact) mass is 399 g/mol. The van der Waals surface area contributed by atoms with Crippen LogP contribution in [0.1, 0.15) is 33.1 Å². The molecule has 8 heteroatoms. The minimum absolute atomic E-state index is 0.0607. The van der Waals surface area contributed by atoms with Crippen molar-refractivity contribution < 1.29 is 13.2 Å². The summed E-state index contributed by atoms with van der Waals surface area (Å²) in [6.07, 6.45) is 3.48. The second-order valence-electron chi connectivity index (χ2n) is 7.55. The predicted octanol–water partition coefficient (Wildman–Crippen LogP) is 2.00. The van der Waals surface area contributed by atoms with Crippen molar-refractivity contribution >= 4 is 27.3 Å². The van der Waals surface area contributed by atoms with E-state index in [1.54, 1.807) is 17.5 Å². The van der Waals surface area contributed by atoms with Gasteiger partial charge in [0.2, 0.25) is 5.91 Å². The highest BCUT2D eigenvalue weighted by atomic mass is 32.2. The lowest BCUT2D eigenvalue weighted by Crippen LogP contribution is -2.52. The van der Waals surface area contributed by atoms with Crippen LogP contribution in [-0.4, -0.2) is 62.3 Å². The van der Waals surface area contributed by atoms with Crippen LogP contribution in [0.5, 0.6) is 0 Å². The quantitative estimate of drug-likeness (QED) is 0.822. The van der Waals surface area contributed by atoms with Gasteiger partial charge in [0.15, 0.2) is 0 Å². The van der Waals surface area contributed by atoms with Crippen LogP contribution in [-0.2, 0) is 14.8 Å². The molecule has 0 spiro atoms. The molecule has 2 heterocycles. The molecule has 1 amide bonds. The van der Waals surface area contributed by atoms with E-state index in [1.165, 1.54) is 28.5 Å². The highest BCUT2D eigenvalue weighted by Crippen LogP contribution is 2.29. The van der Waals surface area contributed by atoms with Crippen molar-refractivity contribution in [2.75, 3.05) is 32.7 Å². The number of carbonyl (C=O) groups is 1. The standard InChI is InChI=1S/C18H29N3O3S2/c1-14-5-3-6-16(15(14)2)19-17(22)13-20-8-10-21(11-9-20)26(23,24)18-7-4-12-25-18/h4,7,12,14-16H,3,5-6,8-11,13H2,1-2H3,(H,19,22)/t14-,15-,16+/m1/s1. The largest absolute Gasteiger partial charge is 0.352 e. The van der Waals surface area contributed by atoms with Gasteiger partial charge in [-0.25, -0.2) is 8.42 Å². The van der Waals surface area contributed by atoms with Gasteiger partial charge in [-0.05, 0) is 29.7 Å². The van der Waals surface area contributed by atoms with E-state index in [0.717, 1.165) is 6.42 Å². The van der Waals surface area contributed by atoms with Crippen molar-refractivity contribution in [2.24, 2.45) is 11.8 Å². The van der Waals surface area contributed by atoms with Crippen LogP contribution in [0.4, 0.5) is 0 Å². The van der Waals surface area contributed by atoms with Gasteiger partial charge in [0.1, 0.15) is 4.21 Å². The van der Waals surface area contributed by atoms with Crippen molar-refractivity contribution in [3.8, 4) is 0 Å². The molecule has 0 unspecified atom stereocenters. The van der Waals surface area contributed by atoms with Crippen LogP contribution in [0, 0.1) is 11.8 Å². The average molecular weight is 400 g/mol. The fraction of sp³-hybridized carbons (Fsp3) is 0.722. The smallest absolute Gasteiger partial charge is 0.252 e. The summed E-state index contributed by atoms with van der Waals surface area (Å²) >= 11 is 1.25. The predicted molar refractivity (Wildman–Crippen MR) is 104 cm³/mol. The Balaban J connectivity index is 1.47. The van der Waals surface area contributed by atoms with Gasteiger partial charge in [0.25, 0.3) is 10.0 Å². The summed E-state index contributed by atoms with van der Waals surface area (Å²) in [6, 6.07) is 3.67. The number of sulfonamides is 1. The van der Waals surface area contributed by atoms with E-state index in [0.29, 0.717) is 48.8 Å². The van der Waals surface area contributed by atoms with Crippen molar-refractivity contribution in [1.29, 1.82) is 0 Å². The maximum absolute atomic E-state index is 12.5. The third kappa shape index (κ3) is 4.47. The number of carbonyl (C=O) groups excluding carboxylic acids is 1. The van der Waals surface area contributed by atoms with E-state index in [2.05, 4.69) is 19.2 Å². The molecule has 1 N–H and O–H groups in total. The van der Waals surface area contributed by atoms with Crippen LogP contribution >= 0.6 is 11.3 Å². The Kier molecular flexibility index (Phi) is 6.37. The van der Waals surface area contributed by atoms with E-state index in [9.17, 15) is 13.2 Å². The first-order valence-electron chi connectivity index (χ1n) is 9.43. The lowest BCUT2D eigenvalue weighted by Gasteiger charge is -2.36. The molecule has 1 aliphatic carbocycles. The van der Waals surface area contributed by atoms with Crippen molar-refractivity contribution in [2.45, 2.75) is 43.4 Å². The number of hydrogen-bond acceptors (Lipinski definition) is 5. The molecular formula is C18H29N3O3S2. The molecule has 0 bridgehead atoms. The molecule has 1 saturated heterocycles. The van der Waals surface area contributed by atoms with Gasteiger partial charge < -0.3 is 5.32 Å². The Labute approximate surface area is 160 Å². The van der Waals surface area contributed by atoms with Gasteiger partial charge in [-0.1, -0.05) is 32.8 Å². The molecule has 2 fully saturated rings. The van der Waals surface area contributed by atoms with E-state index >= 15 is 0 Å². The Bertz CT molecular complexity index is 697. The minimum atomic E-state index is -3.38. The van der Waals surface area contributed by atoms with Crippen LogP contribution in [0.25, 0.3) is 0 Å². The molecule has 26 heavy (non-hydrogen) atoms. The fourth-order valence-electron chi connectivity index (χ4n) is 3.91. The lowest BCUT2D eigenvalue weighted by molar-refractivity contribution is -0.124. The lowest BCUT2D eigenvalue weighted by atomic mass is 9.78. The van der Waals surface area contributed by atoms with E-state index in [1.807, 2.05) is 4.90 Å². The normalized spacial score (nSPS) is 28.8. The van der Waals surface area contributed by atoms with Crippen LogP contribution < -0.4 is 5.32 Å². The molecule has 146 valence electrons. The zero-order valence-corrected chi connectivity index (χ0v) is 17.2. The minimum Gasteiger partial charge on any atom is -0.352 e. The Hall–Kier alpha value is -0.960. The van der Waals surface area contributed by atoms with Gasteiger partial charge in [-0.3, -0.25) is 9.69 Å². The highest BCUT2D eigenvalue weighted by Gasteiger charge is 2.31. The van der Waals surface area contributed by atoms with Crippen molar-refractivity contribution in [1.82, 2.24) is 14.5 Å². The maximum Gasteiger partial charge on any atom is 0.252 e. The van der Waals surface area contributed by atoms with Crippen molar-refractivity contribution in [3.05, 3.63) is 17.5 Å². The molecule has 0 radical (unpaired) electrons. The third-order valence-corrected chi connectivity index (χ3v) is 9.11. The topological polar surface area (TPSA) is 69.7 Å². The maximum atomic E-state index is 12.5. The van der Waals surface area contributed by atoms with Crippen LogP contribution in [0.3, 0.4) is 0 Å².